The Morgan fingerprint density at radius 2 is 1.58 bits per heavy atom. The first kappa shape index (κ1) is 19.9. The second kappa shape index (κ2) is 8.33. The Morgan fingerprint density at radius 1 is 0.962 bits per heavy atom. The van der Waals surface area contributed by atoms with E-state index in [9.17, 15) is 26.4 Å². The zero-order valence-corrected chi connectivity index (χ0v) is 14.4. The van der Waals surface area contributed by atoms with Gasteiger partial charge < -0.3 is 5.32 Å². The fourth-order valence-electron chi connectivity index (χ4n) is 2.10. The molecule has 2 aromatic rings. The van der Waals surface area contributed by atoms with Crippen molar-refractivity contribution in [3.63, 3.8) is 0 Å². The molecule has 0 aromatic heterocycles. The minimum atomic E-state index is -4.64. The lowest BCUT2D eigenvalue weighted by Crippen LogP contribution is -2.33. The molecule has 0 aliphatic carbocycles. The van der Waals surface area contributed by atoms with Gasteiger partial charge in [-0.15, -0.1) is 0 Å². The van der Waals surface area contributed by atoms with Crippen molar-refractivity contribution in [1.82, 2.24) is 4.72 Å². The maximum atomic E-state index is 12.1. The van der Waals surface area contributed by atoms with Crippen LogP contribution in [0, 0.1) is 0 Å². The molecule has 0 spiro atoms. The van der Waals surface area contributed by atoms with Gasteiger partial charge in [0.15, 0.2) is 0 Å². The Labute approximate surface area is 149 Å². The molecule has 0 saturated carbocycles. The fourth-order valence-corrected chi connectivity index (χ4v) is 3.12. The van der Waals surface area contributed by atoms with Gasteiger partial charge in [0.25, 0.3) is 0 Å². The summed E-state index contributed by atoms with van der Waals surface area (Å²) in [6.45, 7) is -1.65. The summed E-state index contributed by atoms with van der Waals surface area (Å²) in [5, 5.41) is 2.61. The lowest BCUT2D eigenvalue weighted by molar-refractivity contribution is -0.121. The van der Waals surface area contributed by atoms with Gasteiger partial charge in [0, 0.05) is 12.1 Å². The number of carbonyl (C=O) groups is 1. The van der Waals surface area contributed by atoms with Gasteiger partial charge in [0.2, 0.25) is 15.9 Å². The van der Waals surface area contributed by atoms with E-state index in [1.54, 1.807) is 0 Å². The molecule has 0 atom stereocenters. The number of aryl methyl sites for hydroxylation is 1. The number of nitrogens with one attached hydrogen (secondary N) is 2. The summed E-state index contributed by atoms with van der Waals surface area (Å²) in [5.74, 6) is -0.250. The van der Waals surface area contributed by atoms with Crippen LogP contribution in [0.15, 0.2) is 59.5 Å². The smallest absolute Gasteiger partial charge is 0.326 e. The summed E-state index contributed by atoms with van der Waals surface area (Å²) in [4.78, 5) is 11.6. The molecule has 0 aliphatic rings. The molecule has 0 radical (unpaired) electrons. The van der Waals surface area contributed by atoms with Crippen LogP contribution >= 0.6 is 0 Å². The third-order valence-electron chi connectivity index (χ3n) is 3.39. The fraction of sp³-hybridized carbons (Fsp3) is 0.235. The highest BCUT2D eigenvalue weighted by atomic mass is 32.2. The maximum absolute atomic E-state index is 12.1. The van der Waals surface area contributed by atoms with Crippen LogP contribution in [-0.4, -0.2) is 27.0 Å². The molecular weight excluding hydrogens is 369 g/mol. The molecule has 26 heavy (non-hydrogen) atoms. The van der Waals surface area contributed by atoms with E-state index in [-0.39, 0.29) is 17.2 Å². The SMILES string of the molecule is O=C(CCc1ccccc1)Nc1ccc(S(=O)(=O)NCC(F)(F)F)cc1. The van der Waals surface area contributed by atoms with Crippen molar-refractivity contribution in [2.45, 2.75) is 23.9 Å². The van der Waals surface area contributed by atoms with E-state index in [2.05, 4.69) is 5.32 Å². The quantitative estimate of drug-likeness (QED) is 0.768. The number of hydrogen-bond donors (Lipinski definition) is 2. The van der Waals surface area contributed by atoms with Crippen molar-refractivity contribution < 1.29 is 26.4 Å². The summed E-state index contributed by atoms with van der Waals surface area (Å²) in [6.07, 6.45) is -3.84. The second-order valence-electron chi connectivity index (χ2n) is 5.50. The van der Waals surface area contributed by atoms with Crippen LogP contribution in [-0.2, 0) is 21.2 Å². The van der Waals surface area contributed by atoms with E-state index in [1.807, 2.05) is 30.3 Å². The summed E-state index contributed by atoms with van der Waals surface area (Å²) in [7, 11) is -4.27. The van der Waals surface area contributed by atoms with Gasteiger partial charge in [-0.25, -0.2) is 13.1 Å². The van der Waals surface area contributed by atoms with Crippen molar-refractivity contribution >= 4 is 21.6 Å². The molecule has 1 amide bonds. The second-order valence-corrected chi connectivity index (χ2v) is 7.26. The van der Waals surface area contributed by atoms with E-state index in [1.165, 1.54) is 16.9 Å². The molecule has 0 bridgehead atoms. The lowest BCUT2D eigenvalue weighted by atomic mass is 10.1. The van der Waals surface area contributed by atoms with Gasteiger partial charge in [-0.2, -0.15) is 13.2 Å². The van der Waals surface area contributed by atoms with Crippen molar-refractivity contribution in [2.24, 2.45) is 0 Å². The number of anilines is 1. The molecule has 140 valence electrons. The average Bonchev–Trinajstić information content (AvgIpc) is 2.59. The van der Waals surface area contributed by atoms with Crippen LogP contribution in [0.4, 0.5) is 18.9 Å². The van der Waals surface area contributed by atoms with Gasteiger partial charge in [-0.1, -0.05) is 30.3 Å². The molecule has 0 unspecified atom stereocenters. The Hall–Kier alpha value is -2.39. The lowest BCUT2D eigenvalue weighted by Gasteiger charge is -2.10. The normalized spacial score (nSPS) is 12.0. The van der Waals surface area contributed by atoms with Crippen molar-refractivity contribution in [3.05, 3.63) is 60.2 Å². The Morgan fingerprint density at radius 3 is 2.15 bits per heavy atom. The molecule has 0 aliphatic heterocycles. The first-order valence-electron chi connectivity index (χ1n) is 7.66. The third kappa shape index (κ3) is 6.49. The number of amides is 1. The largest absolute Gasteiger partial charge is 0.402 e. The summed E-state index contributed by atoms with van der Waals surface area (Å²) in [6, 6.07) is 14.3. The predicted molar refractivity (Wildman–Crippen MR) is 91.1 cm³/mol. The highest BCUT2D eigenvalue weighted by molar-refractivity contribution is 7.89. The van der Waals surface area contributed by atoms with E-state index < -0.39 is 22.7 Å². The Bertz CT molecular complexity index is 836. The average molecular weight is 386 g/mol. The van der Waals surface area contributed by atoms with Crippen molar-refractivity contribution in [1.29, 1.82) is 0 Å². The van der Waals surface area contributed by atoms with Crippen LogP contribution in [0.5, 0.6) is 0 Å². The number of halogens is 3. The molecule has 0 fully saturated rings. The number of rotatable bonds is 7. The summed E-state index contributed by atoms with van der Waals surface area (Å²) < 4.78 is 61.4. The number of hydrogen-bond acceptors (Lipinski definition) is 3. The van der Waals surface area contributed by atoms with Gasteiger partial charge >= 0.3 is 6.18 Å². The molecule has 0 heterocycles. The van der Waals surface area contributed by atoms with Crippen LogP contribution in [0.2, 0.25) is 0 Å². The minimum Gasteiger partial charge on any atom is -0.326 e. The first-order valence-corrected chi connectivity index (χ1v) is 9.14. The Kier molecular flexibility index (Phi) is 6.38. The van der Waals surface area contributed by atoms with E-state index in [0.717, 1.165) is 17.7 Å². The standard InChI is InChI=1S/C17H17F3N2O3S/c18-17(19,20)12-21-26(24,25)15-9-7-14(8-10-15)22-16(23)11-6-13-4-2-1-3-5-13/h1-5,7-10,21H,6,11-12H2,(H,22,23). The van der Waals surface area contributed by atoms with E-state index in [4.69, 9.17) is 0 Å². The van der Waals surface area contributed by atoms with Gasteiger partial charge in [0.1, 0.15) is 6.54 Å². The van der Waals surface area contributed by atoms with Crippen molar-refractivity contribution in [2.75, 3.05) is 11.9 Å². The molecule has 9 heteroatoms. The topological polar surface area (TPSA) is 75.3 Å². The maximum Gasteiger partial charge on any atom is 0.402 e. The van der Waals surface area contributed by atoms with Gasteiger partial charge in [-0.3, -0.25) is 4.79 Å². The first-order chi connectivity index (χ1) is 12.2. The Balaban J connectivity index is 1.91. The van der Waals surface area contributed by atoms with E-state index in [0.29, 0.717) is 12.1 Å². The number of carbonyl (C=O) groups excluding carboxylic acids is 1. The number of sulfonamides is 1. The minimum absolute atomic E-state index is 0.247. The predicted octanol–water partition coefficient (Wildman–Crippen LogP) is 3.10. The van der Waals surface area contributed by atoms with Crippen LogP contribution in [0.25, 0.3) is 0 Å². The molecule has 2 N–H and O–H groups in total. The molecule has 0 saturated heterocycles. The third-order valence-corrected chi connectivity index (χ3v) is 4.81. The van der Waals surface area contributed by atoms with Gasteiger partial charge in [-0.05, 0) is 36.2 Å². The number of alkyl halides is 3. The molecule has 5 nitrogen and oxygen atoms in total. The number of benzene rings is 2. The van der Waals surface area contributed by atoms with Crippen LogP contribution in [0.1, 0.15) is 12.0 Å². The van der Waals surface area contributed by atoms with Crippen molar-refractivity contribution in [3.8, 4) is 0 Å². The summed E-state index contributed by atoms with van der Waals surface area (Å²) >= 11 is 0. The highest BCUT2D eigenvalue weighted by Crippen LogP contribution is 2.17. The molecule has 2 aromatic carbocycles. The zero-order chi connectivity index (χ0) is 19.2. The molecule has 2 rings (SSSR count). The summed E-state index contributed by atoms with van der Waals surface area (Å²) in [5.41, 5.74) is 1.37. The van der Waals surface area contributed by atoms with Gasteiger partial charge in [0.05, 0.1) is 4.90 Å². The highest BCUT2D eigenvalue weighted by Gasteiger charge is 2.30. The molecular formula is C17H17F3N2O3S. The van der Waals surface area contributed by atoms with Crippen LogP contribution < -0.4 is 10.0 Å². The van der Waals surface area contributed by atoms with Crippen LogP contribution in [0.3, 0.4) is 0 Å². The monoisotopic (exact) mass is 386 g/mol. The zero-order valence-electron chi connectivity index (χ0n) is 13.6. The van der Waals surface area contributed by atoms with E-state index >= 15 is 0 Å².